The Balaban J connectivity index is 1.67. The van der Waals surface area contributed by atoms with Crippen molar-refractivity contribution in [2.24, 2.45) is 11.7 Å². The molecule has 0 radical (unpaired) electrons. The van der Waals surface area contributed by atoms with Gasteiger partial charge in [-0.2, -0.15) is 11.8 Å². The number of benzene rings is 1. The molecule has 3 N–H and O–H groups in total. The summed E-state index contributed by atoms with van der Waals surface area (Å²) in [7, 11) is 0. The average molecular weight is 370 g/mol. The van der Waals surface area contributed by atoms with Crippen LogP contribution in [0, 0.1) is 5.92 Å². The van der Waals surface area contributed by atoms with Crippen LogP contribution in [-0.4, -0.2) is 48.5 Å². The van der Waals surface area contributed by atoms with Gasteiger partial charge in [0.25, 0.3) is 0 Å². The molecule has 0 unspecified atom stereocenters. The second kappa shape index (κ2) is 10.3. The van der Waals surface area contributed by atoms with Gasteiger partial charge in [0.1, 0.15) is 0 Å². The van der Waals surface area contributed by atoms with Crippen molar-refractivity contribution in [3.05, 3.63) is 34.9 Å². The third-order valence-corrected chi connectivity index (χ3v) is 5.61. The van der Waals surface area contributed by atoms with Crippen molar-refractivity contribution in [2.75, 3.05) is 31.6 Å². The first-order chi connectivity index (χ1) is 11.6. The summed E-state index contributed by atoms with van der Waals surface area (Å²) in [5.74, 6) is 1.46. The molecule has 1 heterocycles. The van der Waals surface area contributed by atoms with Gasteiger partial charge in [0.05, 0.1) is 6.04 Å². The Morgan fingerprint density at radius 2 is 2.12 bits per heavy atom. The van der Waals surface area contributed by atoms with Gasteiger partial charge in [-0.15, -0.1) is 0 Å². The molecule has 2 rings (SSSR count). The van der Waals surface area contributed by atoms with E-state index in [-0.39, 0.29) is 11.9 Å². The number of rotatable bonds is 8. The lowest BCUT2D eigenvalue weighted by atomic mass is 9.96. The highest BCUT2D eigenvalue weighted by atomic mass is 35.5. The minimum absolute atomic E-state index is 0.0115. The van der Waals surface area contributed by atoms with E-state index in [2.05, 4.69) is 16.3 Å². The molecule has 0 aromatic heterocycles. The summed E-state index contributed by atoms with van der Waals surface area (Å²) in [5, 5.41) is 3.86. The number of amides is 1. The predicted octanol–water partition coefficient (Wildman–Crippen LogP) is 2.75. The van der Waals surface area contributed by atoms with Crippen molar-refractivity contribution in [3.8, 4) is 0 Å². The SMILES string of the molecule is CSCC[C@H](N)C(=O)NCC1CCN(Cc2ccccc2Cl)CC1. The summed E-state index contributed by atoms with van der Waals surface area (Å²) in [6, 6.07) is 7.65. The smallest absolute Gasteiger partial charge is 0.236 e. The van der Waals surface area contributed by atoms with Crippen LogP contribution in [0.5, 0.6) is 0 Å². The average Bonchev–Trinajstić information content (AvgIpc) is 2.60. The Hall–Kier alpha value is -0.750. The number of halogens is 1. The van der Waals surface area contributed by atoms with E-state index < -0.39 is 0 Å². The van der Waals surface area contributed by atoms with Crippen LogP contribution in [0.2, 0.25) is 5.02 Å². The summed E-state index contributed by atoms with van der Waals surface area (Å²) >= 11 is 7.96. The first-order valence-corrected chi connectivity index (χ1v) is 10.3. The molecule has 0 saturated carbocycles. The Labute approximate surface area is 154 Å². The molecule has 1 atom stereocenters. The first-order valence-electron chi connectivity index (χ1n) is 8.58. The van der Waals surface area contributed by atoms with Gasteiger partial charge >= 0.3 is 0 Å². The number of nitrogens with zero attached hydrogens (tertiary/aromatic N) is 1. The van der Waals surface area contributed by atoms with Gasteiger partial charge in [-0.25, -0.2) is 0 Å². The Kier molecular flexibility index (Phi) is 8.39. The molecule has 0 bridgehead atoms. The quantitative estimate of drug-likeness (QED) is 0.739. The Morgan fingerprint density at radius 1 is 1.42 bits per heavy atom. The third-order valence-electron chi connectivity index (χ3n) is 4.59. The van der Waals surface area contributed by atoms with E-state index in [1.807, 2.05) is 24.5 Å². The maximum Gasteiger partial charge on any atom is 0.236 e. The van der Waals surface area contributed by atoms with Gasteiger partial charge in [-0.3, -0.25) is 9.69 Å². The maximum atomic E-state index is 12.0. The lowest BCUT2D eigenvalue weighted by Crippen LogP contribution is -2.44. The van der Waals surface area contributed by atoms with Crippen molar-refractivity contribution in [2.45, 2.75) is 31.8 Å². The number of likely N-dealkylation sites (tertiary alicyclic amines) is 1. The minimum Gasteiger partial charge on any atom is -0.354 e. The first kappa shape index (κ1) is 19.6. The normalized spacial score (nSPS) is 17.6. The number of hydrogen-bond acceptors (Lipinski definition) is 4. The molecular formula is C18H28ClN3OS. The molecule has 1 aromatic rings. The summed E-state index contributed by atoms with van der Waals surface area (Å²) in [6.45, 7) is 3.73. The fourth-order valence-corrected chi connectivity index (χ4v) is 3.65. The highest BCUT2D eigenvalue weighted by molar-refractivity contribution is 7.98. The van der Waals surface area contributed by atoms with Crippen LogP contribution in [0.25, 0.3) is 0 Å². The molecule has 1 fully saturated rings. The Bertz CT molecular complexity index is 521. The highest BCUT2D eigenvalue weighted by Crippen LogP contribution is 2.21. The summed E-state index contributed by atoms with van der Waals surface area (Å²) < 4.78 is 0. The van der Waals surface area contributed by atoms with Crippen molar-refractivity contribution < 1.29 is 4.79 Å². The molecule has 1 aliphatic heterocycles. The van der Waals surface area contributed by atoms with Crippen LogP contribution in [0.4, 0.5) is 0 Å². The number of carbonyl (C=O) groups is 1. The summed E-state index contributed by atoms with van der Waals surface area (Å²) in [5.41, 5.74) is 7.08. The van der Waals surface area contributed by atoms with Crippen molar-refractivity contribution >= 4 is 29.3 Å². The summed E-state index contributed by atoms with van der Waals surface area (Å²) in [4.78, 5) is 14.4. The number of nitrogens with two attached hydrogens (primary N) is 1. The summed E-state index contributed by atoms with van der Waals surface area (Å²) in [6.07, 6.45) is 4.97. The second-order valence-corrected chi connectivity index (χ2v) is 7.84. The molecule has 24 heavy (non-hydrogen) atoms. The lowest BCUT2D eigenvalue weighted by Gasteiger charge is -2.32. The second-order valence-electron chi connectivity index (χ2n) is 6.44. The molecule has 0 spiro atoms. The van der Waals surface area contributed by atoms with Crippen LogP contribution in [0.3, 0.4) is 0 Å². The monoisotopic (exact) mass is 369 g/mol. The molecule has 1 aliphatic rings. The number of nitrogens with one attached hydrogen (secondary N) is 1. The topological polar surface area (TPSA) is 58.4 Å². The number of thioether (sulfide) groups is 1. The molecule has 4 nitrogen and oxygen atoms in total. The highest BCUT2D eigenvalue weighted by Gasteiger charge is 2.21. The van der Waals surface area contributed by atoms with E-state index in [0.717, 1.165) is 56.2 Å². The van der Waals surface area contributed by atoms with Gasteiger partial charge in [0.2, 0.25) is 5.91 Å². The number of carbonyl (C=O) groups excluding carboxylic acids is 1. The van der Waals surface area contributed by atoms with Crippen LogP contribution in [0.15, 0.2) is 24.3 Å². The van der Waals surface area contributed by atoms with E-state index in [9.17, 15) is 4.79 Å². The number of piperidine rings is 1. The zero-order chi connectivity index (χ0) is 17.4. The van der Waals surface area contributed by atoms with Gasteiger partial charge < -0.3 is 11.1 Å². The molecule has 1 aromatic carbocycles. The van der Waals surface area contributed by atoms with Crippen molar-refractivity contribution in [1.82, 2.24) is 10.2 Å². The van der Waals surface area contributed by atoms with Gasteiger partial charge in [0.15, 0.2) is 0 Å². The lowest BCUT2D eigenvalue weighted by molar-refractivity contribution is -0.122. The molecule has 0 aliphatic carbocycles. The molecule has 1 saturated heterocycles. The molecular weight excluding hydrogens is 342 g/mol. The van der Waals surface area contributed by atoms with Crippen LogP contribution < -0.4 is 11.1 Å². The van der Waals surface area contributed by atoms with Crippen LogP contribution in [-0.2, 0) is 11.3 Å². The van der Waals surface area contributed by atoms with Crippen molar-refractivity contribution in [3.63, 3.8) is 0 Å². The molecule has 1 amide bonds. The predicted molar refractivity (Wildman–Crippen MR) is 103 cm³/mol. The molecule has 134 valence electrons. The van der Waals surface area contributed by atoms with Crippen LogP contribution >= 0.6 is 23.4 Å². The van der Waals surface area contributed by atoms with Gasteiger partial charge in [0, 0.05) is 18.1 Å². The van der Waals surface area contributed by atoms with Crippen molar-refractivity contribution in [1.29, 1.82) is 0 Å². The fourth-order valence-electron chi connectivity index (χ4n) is 2.97. The van der Waals surface area contributed by atoms with Crippen LogP contribution in [0.1, 0.15) is 24.8 Å². The third kappa shape index (κ3) is 6.28. The Morgan fingerprint density at radius 3 is 2.79 bits per heavy atom. The van der Waals surface area contributed by atoms with E-state index in [1.165, 1.54) is 5.56 Å². The zero-order valence-electron chi connectivity index (χ0n) is 14.3. The van der Waals surface area contributed by atoms with Gasteiger partial charge in [-0.1, -0.05) is 29.8 Å². The van der Waals surface area contributed by atoms with E-state index >= 15 is 0 Å². The fraction of sp³-hybridized carbons (Fsp3) is 0.611. The maximum absolute atomic E-state index is 12.0. The largest absolute Gasteiger partial charge is 0.354 e. The zero-order valence-corrected chi connectivity index (χ0v) is 15.9. The molecule has 6 heteroatoms. The minimum atomic E-state index is -0.377. The van der Waals surface area contributed by atoms with E-state index in [1.54, 1.807) is 11.8 Å². The standard InChI is InChI=1S/C18H28ClN3OS/c1-24-11-8-17(20)18(23)21-12-14-6-9-22(10-7-14)13-15-4-2-3-5-16(15)19/h2-5,14,17H,6-13,20H2,1H3,(H,21,23)/t17-/m0/s1. The van der Waals surface area contributed by atoms with Gasteiger partial charge in [-0.05, 0) is 61.9 Å². The number of hydrogen-bond donors (Lipinski definition) is 2. The van der Waals surface area contributed by atoms with E-state index in [4.69, 9.17) is 17.3 Å². The van der Waals surface area contributed by atoms with E-state index in [0.29, 0.717) is 5.92 Å².